The van der Waals surface area contributed by atoms with Crippen LogP contribution in [0.3, 0.4) is 0 Å². The average Bonchev–Trinajstić information content (AvgIpc) is 2.32. The summed E-state index contributed by atoms with van der Waals surface area (Å²) in [5.74, 6) is 0. The zero-order chi connectivity index (χ0) is 12.0. The van der Waals surface area contributed by atoms with Gasteiger partial charge in [0.15, 0.2) is 0 Å². The summed E-state index contributed by atoms with van der Waals surface area (Å²) >= 11 is 0. The molecule has 1 N–H and O–H groups in total. The van der Waals surface area contributed by atoms with Crippen molar-refractivity contribution in [3.8, 4) is 0 Å². The maximum absolute atomic E-state index is 6.38. The molecular weight excluding hydrogens is 214 g/mol. The minimum Gasteiger partial charge on any atom is -0.381 e. The van der Waals surface area contributed by atoms with Crippen LogP contribution in [0.2, 0.25) is 0 Å². The van der Waals surface area contributed by atoms with Gasteiger partial charge in [0.1, 0.15) is 0 Å². The number of ether oxygens (including phenoxy) is 2. The van der Waals surface area contributed by atoms with E-state index in [-0.39, 0.29) is 5.60 Å². The molecule has 0 amide bonds. The lowest BCUT2D eigenvalue weighted by Gasteiger charge is -2.45. The van der Waals surface area contributed by atoms with Gasteiger partial charge in [-0.25, -0.2) is 0 Å². The highest BCUT2D eigenvalue weighted by atomic mass is 16.5. The molecule has 2 rings (SSSR count). The zero-order valence-corrected chi connectivity index (χ0v) is 11.2. The Morgan fingerprint density at radius 3 is 2.59 bits per heavy atom. The summed E-state index contributed by atoms with van der Waals surface area (Å²) in [7, 11) is 0. The van der Waals surface area contributed by atoms with Crippen LogP contribution in [0.5, 0.6) is 0 Å². The van der Waals surface area contributed by atoms with Gasteiger partial charge in [-0.1, -0.05) is 6.92 Å². The lowest BCUT2D eigenvalue weighted by atomic mass is 9.77. The highest BCUT2D eigenvalue weighted by molar-refractivity contribution is 4.91. The molecule has 0 radical (unpaired) electrons. The van der Waals surface area contributed by atoms with Crippen LogP contribution < -0.4 is 5.32 Å². The molecule has 100 valence electrons. The Balaban J connectivity index is 1.70. The van der Waals surface area contributed by atoms with Gasteiger partial charge < -0.3 is 14.8 Å². The minimum atomic E-state index is 0.211. The Labute approximate surface area is 105 Å². The monoisotopic (exact) mass is 241 g/mol. The van der Waals surface area contributed by atoms with Crippen LogP contribution in [0.25, 0.3) is 0 Å². The molecule has 0 atom stereocenters. The van der Waals surface area contributed by atoms with Gasteiger partial charge in [0, 0.05) is 13.2 Å². The Kier molecular flexibility index (Phi) is 5.26. The molecule has 0 spiro atoms. The van der Waals surface area contributed by atoms with Crippen LogP contribution in [0.1, 0.15) is 51.9 Å². The maximum atomic E-state index is 6.38. The summed E-state index contributed by atoms with van der Waals surface area (Å²) in [6, 6.07) is 0. The fourth-order valence-corrected chi connectivity index (χ4v) is 2.76. The molecule has 0 aromatic carbocycles. The molecule has 0 bridgehead atoms. The van der Waals surface area contributed by atoms with Gasteiger partial charge in [-0.3, -0.25) is 0 Å². The highest BCUT2D eigenvalue weighted by Gasteiger charge is 2.39. The van der Waals surface area contributed by atoms with E-state index in [4.69, 9.17) is 9.47 Å². The van der Waals surface area contributed by atoms with E-state index in [1.807, 2.05) is 0 Å². The minimum absolute atomic E-state index is 0.211. The lowest BCUT2D eigenvalue weighted by molar-refractivity contribution is -0.164. The van der Waals surface area contributed by atoms with E-state index in [0.717, 1.165) is 39.1 Å². The summed E-state index contributed by atoms with van der Waals surface area (Å²) in [5, 5.41) is 3.49. The normalized spacial score (nSPS) is 24.5. The van der Waals surface area contributed by atoms with Gasteiger partial charge >= 0.3 is 0 Å². The van der Waals surface area contributed by atoms with E-state index in [9.17, 15) is 0 Å². The molecule has 17 heavy (non-hydrogen) atoms. The largest absolute Gasteiger partial charge is 0.381 e. The van der Waals surface area contributed by atoms with Crippen molar-refractivity contribution in [2.24, 2.45) is 0 Å². The summed E-state index contributed by atoms with van der Waals surface area (Å²) in [5.41, 5.74) is 0.211. The van der Waals surface area contributed by atoms with E-state index in [2.05, 4.69) is 12.2 Å². The fraction of sp³-hybridized carbons (Fsp3) is 1.00. The van der Waals surface area contributed by atoms with Crippen LogP contribution >= 0.6 is 0 Å². The van der Waals surface area contributed by atoms with Gasteiger partial charge in [0.2, 0.25) is 0 Å². The number of rotatable bonds is 7. The molecule has 2 fully saturated rings. The molecule has 0 aromatic rings. The average molecular weight is 241 g/mol. The predicted octanol–water partition coefficient (Wildman–Crippen LogP) is 2.49. The second kappa shape index (κ2) is 6.72. The lowest BCUT2D eigenvalue weighted by Crippen LogP contribution is -2.46. The van der Waals surface area contributed by atoms with Gasteiger partial charge in [0.05, 0.1) is 11.7 Å². The topological polar surface area (TPSA) is 30.5 Å². The van der Waals surface area contributed by atoms with Crippen molar-refractivity contribution in [3.05, 3.63) is 0 Å². The molecule has 1 aliphatic carbocycles. The molecule has 0 aromatic heterocycles. The van der Waals surface area contributed by atoms with Crippen LogP contribution in [0.15, 0.2) is 0 Å². The van der Waals surface area contributed by atoms with Crippen molar-refractivity contribution in [1.29, 1.82) is 0 Å². The molecule has 3 nitrogen and oxygen atoms in total. The maximum Gasteiger partial charge on any atom is 0.0698 e. The first-order chi connectivity index (χ1) is 8.35. The number of nitrogens with one attached hydrogen (secondary N) is 1. The van der Waals surface area contributed by atoms with E-state index in [1.165, 1.54) is 32.1 Å². The highest BCUT2D eigenvalue weighted by Crippen LogP contribution is 2.40. The van der Waals surface area contributed by atoms with E-state index >= 15 is 0 Å². The Bertz CT molecular complexity index is 210. The first-order valence-electron chi connectivity index (χ1n) is 7.31. The third-order valence-corrected chi connectivity index (χ3v) is 4.03. The smallest absolute Gasteiger partial charge is 0.0698 e. The van der Waals surface area contributed by atoms with Crippen molar-refractivity contribution in [3.63, 3.8) is 0 Å². The van der Waals surface area contributed by atoms with E-state index < -0.39 is 0 Å². The zero-order valence-electron chi connectivity index (χ0n) is 11.2. The molecular formula is C14H27NO2. The van der Waals surface area contributed by atoms with Crippen molar-refractivity contribution in [2.75, 3.05) is 26.3 Å². The summed E-state index contributed by atoms with van der Waals surface area (Å²) in [6.45, 7) is 6.22. The fourth-order valence-electron chi connectivity index (χ4n) is 2.76. The SMILES string of the molecule is CCCNCCC1(OC2CCOCC2)CCC1. The molecule has 1 heterocycles. The van der Waals surface area contributed by atoms with Crippen LogP contribution in [-0.4, -0.2) is 38.0 Å². The molecule has 2 aliphatic rings. The molecule has 0 unspecified atom stereocenters. The summed E-state index contributed by atoms with van der Waals surface area (Å²) < 4.78 is 11.8. The molecule has 1 aliphatic heterocycles. The quantitative estimate of drug-likeness (QED) is 0.695. The van der Waals surface area contributed by atoms with E-state index in [0.29, 0.717) is 6.10 Å². The molecule has 1 saturated carbocycles. The van der Waals surface area contributed by atoms with Crippen LogP contribution in [0, 0.1) is 0 Å². The van der Waals surface area contributed by atoms with Gasteiger partial charge in [-0.05, 0) is 58.0 Å². The van der Waals surface area contributed by atoms with Crippen LogP contribution in [0.4, 0.5) is 0 Å². The van der Waals surface area contributed by atoms with Crippen molar-refractivity contribution < 1.29 is 9.47 Å². The second-order valence-corrected chi connectivity index (χ2v) is 5.47. The third kappa shape index (κ3) is 3.94. The second-order valence-electron chi connectivity index (χ2n) is 5.47. The standard InChI is InChI=1S/C14H27NO2/c1-2-9-15-10-8-14(6-3-7-14)17-13-4-11-16-12-5-13/h13,15H,2-12H2,1H3. The predicted molar refractivity (Wildman–Crippen MR) is 69.3 cm³/mol. The Morgan fingerprint density at radius 2 is 2.00 bits per heavy atom. The van der Waals surface area contributed by atoms with Gasteiger partial charge in [-0.2, -0.15) is 0 Å². The summed E-state index contributed by atoms with van der Waals surface area (Å²) in [4.78, 5) is 0. The van der Waals surface area contributed by atoms with Gasteiger partial charge in [0.25, 0.3) is 0 Å². The first kappa shape index (κ1) is 13.3. The Morgan fingerprint density at radius 1 is 1.24 bits per heavy atom. The summed E-state index contributed by atoms with van der Waals surface area (Å²) in [6.07, 6.45) is 8.90. The molecule has 1 saturated heterocycles. The number of hydrogen-bond donors (Lipinski definition) is 1. The third-order valence-electron chi connectivity index (χ3n) is 4.03. The Hall–Kier alpha value is -0.120. The van der Waals surface area contributed by atoms with Crippen LogP contribution in [-0.2, 0) is 9.47 Å². The van der Waals surface area contributed by atoms with Crippen molar-refractivity contribution in [2.45, 2.75) is 63.6 Å². The molecule has 3 heteroatoms. The first-order valence-corrected chi connectivity index (χ1v) is 7.31. The van der Waals surface area contributed by atoms with Crippen molar-refractivity contribution >= 4 is 0 Å². The van der Waals surface area contributed by atoms with Gasteiger partial charge in [-0.15, -0.1) is 0 Å². The van der Waals surface area contributed by atoms with Crippen molar-refractivity contribution in [1.82, 2.24) is 5.32 Å². The van der Waals surface area contributed by atoms with E-state index in [1.54, 1.807) is 0 Å². The number of hydrogen-bond acceptors (Lipinski definition) is 3.